The van der Waals surface area contributed by atoms with Crippen LogP contribution in [0, 0.1) is 0 Å². The molecular weight excluding hydrogens is 263 g/mol. The van der Waals surface area contributed by atoms with Crippen LogP contribution in [-0.4, -0.2) is 31.6 Å². The summed E-state index contributed by atoms with van der Waals surface area (Å²) in [7, 11) is 0. The lowest BCUT2D eigenvalue weighted by atomic mass is 9.51. The molecule has 0 spiro atoms. The zero-order valence-electron chi connectivity index (χ0n) is 13.5. The molecule has 1 aromatic rings. The number of ether oxygens (including phenoxy) is 2. The first-order valence-corrected chi connectivity index (χ1v) is 8.12. The molecule has 0 fully saturated rings. The van der Waals surface area contributed by atoms with Gasteiger partial charge in [-0.3, -0.25) is 0 Å². The SMILES string of the molecule is CB(C)CCCCCCOCc1ccc(OCCO)cc1. The third-order valence-electron chi connectivity index (χ3n) is 3.37. The average Bonchev–Trinajstić information content (AvgIpc) is 2.48. The second-order valence-electron chi connectivity index (χ2n) is 5.87. The minimum absolute atomic E-state index is 0.0437. The predicted molar refractivity (Wildman–Crippen MR) is 89.4 cm³/mol. The highest BCUT2D eigenvalue weighted by atomic mass is 16.5. The van der Waals surface area contributed by atoms with Crippen molar-refractivity contribution in [1.29, 1.82) is 0 Å². The molecule has 0 radical (unpaired) electrons. The van der Waals surface area contributed by atoms with Gasteiger partial charge in [0.2, 0.25) is 0 Å². The summed E-state index contributed by atoms with van der Waals surface area (Å²) in [6.07, 6.45) is 6.41. The first-order valence-electron chi connectivity index (χ1n) is 8.12. The van der Waals surface area contributed by atoms with Crippen molar-refractivity contribution in [3.05, 3.63) is 29.8 Å². The van der Waals surface area contributed by atoms with Gasteiger partial charge in [-0.15, -0.1) is 0 Å². The number of rotatable bonds is 12. The van der Waals surface area contributed by atoms with E-state index in [0.717, 1.165) is 31.1 Å². The zero-order chi connectivity index (χ0) is 15.3. The molecule has 0 saturated heterocycles. The maximum atomic E-state index is 8.68. The molecule has 0 amide bonds. The molecular formula is C17H29BO3. The number of aliphatic hydroxyl groups is 1. The smallest absolute Gasteiger partial charge is 0.133 e. The van der Waals surface area contributed by atoms with Crippen LogP contribution in [0.5, 0.6) is 5.75 Å². The molecule has 1 rings (SSSR count). The van der Waals surface area contributed by atoms with Crippen molar-refractivity contribution in [3.63, 3.8) is 0 Å². The minimum Gasteiger partial charge on any atom is -0.491 e. The van der Waals surface area contributed by atoms with E-state index in [1.54, 1.807) is 0 Å². The van der Waals surface area contributed by atoms with Crippen molar-refractivity contribution in [2.24, 2.45) is 0 Å². The summed E-state index contributed by atoms with van der Waals surface area (Å²) in [6.45, 7) is 7.27. The van der Waals surface area contributed by atoms with Crippen LogP contribution in [-0.2, 0) is 11.3 Å². The molecule has 0 aliphatic rings. The lowest BCUT2D eigenvalue weighted by Gasteiger charge is -2.07. The Bertz CT molecular complexity index is 352. The van der Waals surface area contributed by atoms with E-state index in [1.807, 2.05) is 24.3 Å². The van der Waals surface area contributed by atoms with Gasteiger partial charge in [0.05, 0.1) is 13.2 Å². The van der Waals surface area contributed by atoms with Crippen LogP contribution < -0.4 is 4.74 Å². The average molecular weight is 292 g/mol. The zero-order valence-corrected chi connectivity index (χ0v) is 13.5. The highest BCUT2D eigenvalue weighted by molar-refractivity contribution is 6.55. The van der Waals surface area contributed by atoms with E-state index in [4.69, 9.17) is 14.6 Å². The van der Waals surface area contributed by atoms with Crippen molar-refractivity contribution in [2.45, 2.75) is 52.3 Å². The van der Waals surface area contributed by atoms with E-state index >= 15 is 0 Å². The van der Waals surface area contributed by atoms with Gasteiger partial charge in [-0.05, 0) is 24.1 Å². The van der Waals surface area contributed by atoms with Crippen molar-refractivity contribution in [3.8, 4) is 5.75 Å². The Morgan fingerprint density at radius 3 is 2.33 bits per heavy atom. The minimum atomic E-state index is 0.0437. The maximum absolute atomic E-state index is 8.68. The van der Waals surface area contributed by atoms with E-state index < -0.39 is 0 Å². The Hall–Kier alpha value is -0.995. The van der Waals surface area contributed by atoms with E-state index in [-0.39, 0.29) is 6.61 Å². The standard InChI is InChI=1S/C17H29BO3/c1-18(2)11-5-3-4-6-13-20-15-16-7-9-17(10-8-16)21-14-12-19/h7-10,19H,3-6,11-15H2,1-2H3. The van der Waals surface area contributed by atoms with Gasteiger partial charge >= 0.3 is 0 Å². The first kappa shape index (κ1) is 18.1. The highest BCUT2D eigenvalue weighted by Gasteiger charge is 1.99. The molecule has 0 unspecified atom stereocenters. The van der Waals surface area contributed by atoms with Gasteiger partial charge in [-0.1, -0.05) is 51.4 Å². The molecule has 0 saturated carbocycles. The molecule has 0 heterocycles. The van der Waals surface area contributed by atoms with Crippen LogP contribution in [0.3, 0.4) is 0 Å². The Morgan fingerprint density at radius 1 is 0.952 bits per heavy atom. The third kappa shape index (κ3) is 9.54. The van der Waals surface area contributed by atoms with Gasteiger partial charge in [0, 0.05) is 6.61 Å². The third-order valence-corrected chi connectivity index (χ3v) is 3.37. The molecule has 0 bridgehead atoms. The fraction of sp³-hybridized carbons (Fsp3) is 0.647. The summed E-state index contributed by atoms with van der Waals surface area (Å²) in [5.74, 6) is 0.790. The summed E-state index contributed by atoms with van der Waals surface area (Å²) in [6, 6.07) is 7.85. The molecule has 1 aromatic carbocycles. The van der Waals surface area contributed by atoms with Crippen molar-refractivity contribution >= 4 is 6.71 Å². The summed E-state index contributed by atoms with van der Waals surface area (Å²) in [5.41, 5.74) is 1.16. The Kier molecular flexibility index (Phi) is 10.0. The molecule has 118 valence electrons. The molecule has 0 aliphatic carbocycles. The second kappa shape index (κ2) is 11.6. The van der Waals surface area contributed by atoms with Crippen molar-refractivity contribution in [1.82, 2.24) is 0 Å². The summed E-state index contributed by atoms with van der Waals surface area (Å²) in [5, 5.41) is 8.68. The fourth-order valence-electron chi connectivity index (χ4n) is 2.15. The molecule has 0 atom stereocenters. The predicted octanol–water partition coefficient (Wildman–Crippen LogP) is 3.89. The van der Waals surface area contributed by atoms with Crippen molar-refractivity contribution < 1.29 is 14.6 Å². The summed E-state index contributed by atoms with van der Waals surface area (Å²) < 4.78 is 11.0. The van der Waals surface area contributed by atoms with Gasteiger partial charge in [-0.25, -0.2) is 0 Å². The second-order valence-corrected chi connectivity index (χ2v) is 5.87. The van der Waals surface area contributed by atoms with E-state index in [1.165, 1.54) is 25.6 Å². The fourth-order valence-corrected chi connectivity index (χ4v) is 2.15. The van der Waals surface area contributed by atoms with E-state index in [0.29, 0.717) is 13.2 Å². The lowest BCUT2D eigenvalue weighted by molar-refractivity contribution is 0.116. The molecule has 0 aliphatic heterocycles. The van der Waals surface area contributed by atoms with Gasteiger partial charge in [0.15, 0.2) is 0 Å². The monoisotopic (exact) mass is 292 g/mol. The van der Waals surface area contributed by atoms with Gasteiger partial charge in [-0.2, -0.15) is 0 Å². The molecule has 3 nitrogen and oxygen atoms in total. The van der Waals surface area contributed by atoms with Gasteiger partial charge < -0.3 is 14.6 Å². The number of hydrogen-bond acceptors (Lipinski definition) is 3. The van der Waals surface area contributed by atoms with Crippen LogP contribution in [0.25, 0.3) is 0 Å². The largest absolute Gasteiger partial charge is 0.491 e. The van der Waals surface area contributed by atoms with Gasteiger partial charge in [0.1, 0.15) is 19.1 Å². The van der Waals surface area contributed by atoms with Crippen LogP contribution in [0.4, 0.5) is 0 Å². The quantitative estimate of drug-likeness (QED) is 0.469. The number of aliphatic hydroxyl groups excluding tert-OH is 1. The highest BCUT2D eigenvalue weighted by Crippen LogP contribution is 2.13. The van der Waals surface area contributed by atoms with Crippen LogP contribution in [0.2, 0.25) is 20.0 Å². The normalized spacial score (nSPS) is 10.6. The Labute approximate surface area is 129 Å². The van der Waals surface area contributed by atoms with Crippen LogP contribution in [0.15, 0.2) is 24.3 Å². The lowest BCUT2D eigenvalue weighted by Crippen LogP contribution is -2.01. The van der Waals surface area contributed by atoms with Crippen LogP contribution in [0.1, 0.15) is 31.2 Å². The Morgan fingerprint density at radius 2 is 1.67 bits per heavy atom. The molecule has 0 aromatic heterocycles. The molecule has 21 heavy (non-hydrogen) atoms. The summed E-state index contributed by atoms with van der Waals surface area (Å²) >= 11 is 0. The maximum Gasteiger partial charge on any atom is 0.133 e. The van der Waals surface area contributed by atoms with Crippen molar-refractivity contribution in [2.75, 3.05) is 19.8 Å². The number of hydrogen-bond donors (Lipinski definition) is 1. The number of unbranched alkanes of at least 4 members (excludes halogenated alkanes) is 3. The van der Waals surface area contributed by atoms with E-state index in [9.17, 15) is 0 Å². The first-order chi connectivity index (χ1) is 10.2. The van der Waals surface area contributed by atoms with Crippen LogP contribution >= 0.6 is 0 Å². The molecule has 4 heteroatoms. The Balaban J connectivity index is 2.02. The van der Waals surface area contributed by atoms with Gasteiger partial charge in [0.25, 0.3) is 0 Å². The number of benzene rings is 1. The summed E-state index contributed by atoms with van der Waals surface area (Å²) in [4.78, 5) is 0. The van der Waals surface area contributed by atoms with E-state index in [2.05, 4.69) is 13.6 Å². The molecule has 1 N–H and O–H groups in total. The topological polar surface area (TPSA) is 38.7 Å².